The quantitative estimate of drug-likeness (QED) is 0.178. The molecule has 0 spiro atoms. The molecular weight excluding hydrogens is 567 g/mol. The van der Waals surface area contributed by atoms with E-state index in [-0.39, 0.29) is 0 Å². The van der Waals surface area contributed by atoms with Crippen LogP contribution in [-0.2, 0) is 0 Å². The van der Waals surface area contributed by atoms with E-state index in [2.05, 4.69) is 69.3 Å². The Kier molecular flexibility index (Phi) is 6.44. The standard InChI is InChI=1S/C29H25N11S2/c1-17-5-9-21(10-6-17)39-19(3)25(33-36-39)23-16-42-28(31-23)35-30-15-24-27(32-29-38(24)13-14-41-29)26-20(4)40(37-34-26)22-11-7-18(2)8-12-22/h5-16H,1-4H3,(H,31,35)/b30-15+. The van der Waals surface area contributed by atoms with Crippen molar-refractivity contribution < 1.29 is 0 Å². The highest BCUT2D eigenvalue weighted by molar-refractivity contribution is 7.15. The van der Waals surface area contributed by atoms with Crippen LogP contribution in [-0.4, -0.2) is 50.6 Å². The van der Waals surface area contributed by atoms with E-state index < -0.39 is 0 Å². The number of aryl methyl sites for hydroxylation is 2. The fourth-order valence-corrected chi connectivity index (χ4v) is 6.02. The minimum atomic E-state index is 0.639. The summed E-state index contributed by atoms with van der Waals surface area (Å²) >= 11 is 3.00. The van der Waals surface area contributed by atoms with E-state index in [0.29, 0.717) is 16.5 Å². The molecule has 0 saturated carbocycles. The Hall–Kier alpha value is -5.01. The second-order valence-electron chi connectivity index (χ2n) is 9.85. The predicted octanol–water partition coefficient (Wildman–Crippen LogP) is 6.03. The second-order valence-corrected chi connectivity index (χ2v) is 11.6. The zero-order chi connectivity index (χ0) is 28.8. The summed E-state index contributed by atoms with van der Waals surface area (Å²) in [6.07, 6.45) is 3.71. The van der Waals surface area contributed by atoms with Crippen molar-refractivity contribution in [3.63, 3.8) is 0 Å². The number of hydrazone groups is 1. The van der Waals surface area contributed by atoms with Gasteiger partial charge in [0, 0.05) is 17.0 Å². The van der Waals surface area contributed by atoms with E-state index in [9.17, 15) is 0 Å². The average Bonchev–Trinajstić information content (AvgIpc) is 3.81. The highest BCUT2D eigenvalue weighted by atomic mass is 32.1. The number of imidazole rings is 1. The maximum absolute atomic E-state index is 4.85. The summed E-state index contributed by atoms with van der Waals surface area (Å²) in [5.41, 5.74) is 12.8. The summed E-state index contributed by atoms with van der Waals surface area (Å²) in [6.45, 7) is 8.11. The highest BCUT2D eigenvalue weighted by Gasteiger charge is 2.21. The lowest BCUT2D eigenvalue weighted by Gasteiger charge is -2.04. The zero-order valence-electron chi connectivity index (χ0n) is 23.2. The molecule has 1 N–H and O–H groups in total. The SMILES string of the molecule is Cc1ccc(-n2nnc(-c3csc(N/N=C/c4c(-c5nnn(-c6ccc(C)cc6)c5C)nc5sccn45)n3)c2C)cc1. The van der Waals surface area contributed by atoms with Gasteiger partial charge in [-0.3, -0.25) is 9.83 Å². The Balaban J connectivity index is 1.15. The first kappa shape index (κ1) is 25.9. The number of aromatic nitrogens is 9. The number of anilines is 1. The van der Waals surface area contributed by atoms with Gasteiger partial charge in [-0.25, -0.2) is 19.3 Å². The first-order valence-corrected chi connectivity index (χ1v) is 14.9. The first-order valence-electron chi connectivity index (χ1n) is 13.2. The molecule has 208 valence electrons. The van der Waals surface area contributed by atoms with Gasteiger partial charge in [-0.2, -0.15) is 5.10 Å². The molecule has 0 aliphatic heterocycles. The van der Waals surface area contributed by atoms with Gasteiger partial charge in [-0.1, -0.05) is 45.8 Å². The van der Waals surface area contributed by atoms with E-state index in [1.54, 1.807) is 17.6 Å². The van der Waals surface area contributed by atoms with Gasteiger partial charge < -0.3 is 0 Å². The van der Waals surface area contributed by atoms with Crippen molar-refractivity contribution >= 4 is 39.0 Å². The van der Waals surface area contributed by atoms with E-state index in [4.69, 9.17) is 9.97 Å². The molecule has 0 amide bonds. The maximum atomic E-state index is 4.85. The molecule has 0 saturated heterocycles. The molecule has 7 rings (SSSR count). The predicted molar refractivity (Wildman–Crippen MR) is 166 cm³/mol. The number of hydrogen-bond acceptors (Lipinski definition) is 10. The molecule has 0 aliphatic carbocycles. The highest BCUT2D eigenvalue weighted by Crippen LogP contribution is 2.29. The molecule has 0 unspecified atom stereocenters. The van der Waals surface area contributed by atoms with Gasteiger partial charge in [-0.05, 0) is 52.0 Å². The molecule has 5 heterocycles. The second kappa shape index (κ2) is 10.4. The largest absolute Gasteiger partial charge is 0.289 e. The van der Waals surface area contributed by atoms with Crippen molar-refractivity contribution in [3.8, 4) is 34.2 Å². The van der Waals surface area contributed by atoms with E-state index in [1.807, 2.05) is 68.8 Å². The Labute approximate surface area is 248 Å². The van der Waals surface area contributed by atoms with Crippen LogP contribution < -0.4 is 5.43 Å². The fraction of sp³-hybridized carbons (Fsp3) is 0.138. The summed E-state index contributed by atoms with van der Waals surface area (Å²) in [5, 5.41) is 26.8. The van der Waals surface area contributed by atoms with Crippen molar-refractivity contribution in [1.29, 1.82) is 0 Å². The molecule has 0 bridgehead atoms. The van der Waals surface area contributed by atoms with Crippen LogP contribution in [0.15, 0.2) is 70.6 Å². The van der Waals surface area contributed by atoms with Crippen LogP contribution in [0.2, 0.25) is 0 Å². The van der Waals surface area contributed by atoms with Crippen LogP contribution in [0.5, 0.6) is 0 Å². The summed E-state index contributed by atoms with van der Waals surface area (Å²) in [4.78, 5) is 10.4. The van der Waals surface area contributed by atoms with Crippen molar-refractivity contribution in [3.05, 3.63) is 93.7 Å². The molecule has 0 atom stereocenters. The van der Waals surface area contributed by atoms with Crippen LogP contribution in [0.1, 0.15) is 28.2 Å². The number of rotatable bonds is 7. The molecule has 13 heteroatoms. The normalized spacial score (nSPS) is 11.7. The third-order valence-electron chi connectivity index (χ3n) is 6.96. The number of fused-ring (bicyclic) bond motifs is 1. The lowest BCUT2D eigenvalue weighted by Crippen LogP contribution is -1.99. The molecule has 7 aromatic rings. The van der Waals surface area contributed by atoms with Gasteiger partial charge in [0.05, 0.1) is 34.7 Å². The summed E-state index contributed by atoms with van der Waals surface area (Å²) in [7, 11) is 0. The van der Waals surface area contributed by atoms with Gasteiger partial charge in [0.1, 0.15) is 22.8 Å². The molecule has 11 nitrogen and oxygen atoms in total. The van der Waals surface area contributed by atoms with Gasteiger partial charge in [0.25, 0.3) is 0 Å². The topological polar surface area (TPSA) is 116 Å². The van der Waals surface area contributed by atoms with Crippen LogP contribution in [0.3, 0.4) is 0 Å². The molecular formula is C29H25N11S2. The number of benzene rings is 2. The minimum Gasteiger partial charge on any atom is -0.289 e. The van der Waals surface area contributed by atoms with Crippen molar-refractivity contribution in [2.75, 3.05) is 5.43 Å². The molecule has 42 heavy (non-hydrogen) atoms. The third kappa shape index (κ3) is 4.58. The Morgan fingerprint density at radius 2 is 1.36 bits per heavy atom. The average molecular weight is 592 g/mol. The Bertz CT molecular complexity index is 2050. The van der Waals surface area contributed by atoms with E-state index >= 15 is 0 Å². The Morgan fingerprint density at radius 1 is 0.738 bits per heavy atom. The number of nitrogens with zero attached hydrogens (tertiary/aromatic N) is 10. The van der Waals surface area contributed by atoms with Crippen LogP contribution in [0.25, 0.3) is 39.1 Å². The molecule has 0 fully saturated rings. The van der Waals surface area contributed by atoms with Gasteiger partial charge >= 0.3 is 0 Å². The summed E-state index contributed by atoms with van der Waals surface area (Å²) in [6, 6.07) is 16.4. The van der Waals surface area contributed by atoms with Gasteiger partial charge in [-0.15, -0.1) is 32.9 Å². The van der Waals surface area contributed by atoms with E-state index in [0.717, 1.165) is 44.8 Å². The molecule has 2 aromatic carbocycles. The third-order valence-corrected chi connectivity index (χ3v) is 8.47. The molecule has 0 radical (unpaired) electrons. The zero-order valence-corrected chi connectivity index (χ0v) is 24.8. The van der Waals surface area contributed by atoms with Crippen LogP contribution in [0, 0.1) is 27.7 Å². The molecule has 5 aromatic heterocycles. The first-order chi connectivity index (χ1) is 20.5. The van der Waals surface area contributed by atoms with Crippen LogP contribution in [0.4, 0.5) is 5.13 Å². The number of hydrogen-bond donors (Lipinski definition) is 1. The summed E-state index contributed by atoms with van der Waals surface area (Å²) in [5.74, 6) is 0. The number of nitrogens with one attached hydrogen (secondary N) is 1. The maximum Gasteiger partial charge on any atom is 0.203 e. The van der Waals surface area contributed by atoms with Crippen molar-refractivity contribution in [1.82, 2.24) is 44.4 Å². The lowest BCUT2D eigenvalue weighted by atomic mass is 10.2. The van der Waals surface area contributed by atoms with E-state index in [1.165, 1.54) is 22.5 Å². The fourth-order valence-electron chi connectivity index (χ4n) is 4.66. The van der Waals surface area contributed by atoms with Crippen LogP contribution >= 0.6 is 22.7 Å². The van der Waals surface area contributed by atoms with Crippen molar-refractivity contribution in [2.45, 2.75) is 27.7 Å². The Morgan fingerprint density at radius 3 is 2.02 bits per heavy atom. The smallest absolute Gasteiger partial charge is 0.203 e. The minimum absolute atomic E-state index is 0.639. The van der Waals surface area contributed by atoms with Gasteiger partial charge in [0.2, 0.25) is 5.13 Å². The number of thiazole rings is 2. The lowest BCUT2D eigenvalue weighted by molar-refractivity contribution is 0.785. The monoisotopic (exact) mass is 591 g/mol. The summed E-state index contributed by atoms with van der Waals surface area (Å²) < 4.78 is 5.65. The van der Waals surface area contributed by atoms with Crippen molar-refractivity contribution in [2.24, 2.45) is 5.10 Å². The molecule has 0 aliphatic rings. The van der Waals surface area contributed by atoms with Gasteiger partial charge in [0.15, 0.2) is 4.96 Å².